The number of aryl methyl sites for hydroxylation is 1. The summed E-state index contributed by atoms with van der Waals surface area (Å²) in [6.07, 6.45) is 0. The third kappa shape index (κ3) is 2.14. The lowest BCUT2D eigenvalue weighted by Gasteiger charge is -2.06. The fourth-order valence-corrected chi connectivity index (χ4v) is 1.65. The molecule has 0 spiro atoms. The van der Waals surface area contributed by atoms with E-state index >= 15 is 0 Å². The average Bonchev–Trinajstić information content (AvgIpc) is 2.02. The van der Waals surface area contributed by atoms with E-state index in [1.165, 1.54) is 0 Å². The molecule has 0 saturated carbocycles. The number of hydrogen-bond donors (Lipinski definition) is 1. The van der Waals surface area contributed by atoms with Gasteiger partial charge in [-0.1, -0.05) is 11.6 Å². The molecule has 2 N–H and O–H groups in total. The van der Waals surface area contributed by atoms with E-state index in [2.05, 4.69) is 0 Å². The third-order valence-electron chi connectivity index (χ3n) is 1.67. The van der Waals surface area contributed by atoms with Crippen LogP contribution in [0.1, 0.15) is 15.9 Å². The number of carbonyl (C=O) groups excluding carboxylic acids is 1. The van der Waals surface area contributed by atoms with Crippen molar-refractivity contribution in [3.63, 3.8) is 0 Å². The van der Waals surface area contributed by atoms with E-state index in [9.17, 15) is 4.79 Å². The number of benzene rings is 1. The van der Waals surface area contributed by atoms with Crippen LogP contribution in [0.3, 0.4) is 0 Å². The SMILES string of the molecule is Cc1cc(N)c(C(=O)CCl)c(Cl)c1. The summed E-state index contributed by atoms with van der Waals surface area (Å²) in [5.41, 5.74) is 7.27. The normalized spacial score (nSPS) is 10.1. The Bertz CT molecular complexity index is 326. The van der Waals surface area contributed by atoms with Crippen LogP contribution in [0.5, 0.6) is 0 Å². The van der Waals surface area contributed by atoms with Crippen LogP contribution in [0.25, 0.3) is 0 Å². The Morgan fingerprint density at radius 2 is 2.15 bits per heavy atom. The summed E-state index contributed by atoms with van der Waals surface area (Å²) in [5.74, 6) is -0.350. The highest BCUT2D eigenvalue weighted by atomic mass is 35.5. The second-order valence-electron chi connectivity index (χ2n) is 2.77. The second kappa shape index (κ2) is 3.99. The molecule has 0 radical (unpaired) electrons. The molecule has 0 aliphatic heterocycles. The molecule has 70 valence electrons. The van der Waals surface area contributed by atoms with Crippen molar-refractivity contribution in [3.05, 3.63) is 28.3 Å². The number of alkyl halides is 1. The van der Waals surface area contributed by atoms with Gasteiger partial charge in [0.2, 0.25) is 0 Å². The van der Waals surface area contributed by atoms with Crippen LogP contribution in [0, 0.1) is 6.92 Å². The number of halogens is 2. The quantitative estimate of drug-likeness (QED) is 0.471. The molecule has 1 rings (SSSR count). The van der Waals surface area contributed by atoms with Crippen molar-refractivity contribution in [2.45, 2.75) is 6.92 Å². The molecule has 0 aliphatic carbocycles. The third-order valence-corrected chi connectivity index (χ3v) is 2.21. The Kier molecular flexibility index (Phi) is 3.17. The molecular formula is C9H9Cl2NO. The van der Waals surface area contributed by atoms with Gasteiger partial charge < -0.3 is 5.73 Å². The predicted molar refractivity (Wildman–Crippen MR) is 55.7 cm³/mol. The van der Waals surface area contributed by atoms with E-state index in [1.54, 1.807) is 12.1 Å². The predicted octanol–water partition coefficient (Wildman–Crippen LogP) is 2.65. The van der Waals surface area contributed by atoms with Crippen molar-refractivity contribution in [1.82, 2.24) is 0 Å². The highest BCUT2D eigenvalue weighted by molar-refractivity contribution is 6.38. The van der Waals surface area contributed by atoms with Gasteiger partial charge in [-0.15, -0.1) is 11.6 Å². The number of anilines is 1. The lowest BCUT2D eigenvalue weighted by molar-refractivity contribution is 0.102. The summed E-state index contributed by atoms with van der Waals surface area (Å²) in [5, 5.41) is 0.364. The molecule has 1 aromatic carbocycles. The van der Waals surface area contributed by atoms with E-state index in [0.717, 1.165) is 5.56 Å². The molecule has 1 aromatic rings. The number of nitrogens with two attached hydrogens (primary N) is 1. The fraction of sp³-hybridized carbons (Fsp3) is 0.222. The van der Waals surface area contributed by atoms with Gasteiger partial charge in [-0.25, -0.2) is 0 Å². The van der Waals surface area contributed by atoms with Gasteiger partial charge in [0.05, 0.1) is 16.5 Å². The van der Waals surface area contributed by atoms with E-state index < -0.39 is 0 Å². The number of hydrogen-bond acceptors (Lipinski definition) is 2. The van der Waals surface area contributed by atoms with Gasteiger partial charge in [0.1, 0.15) is 0 Å². The Labute approximate surface area is 86.6 Å². The minimum atomic E-state index is -0.246. The molecule has 0 saturated heterocycles. The first-order valence-electron chi connectivity index (χ1n) is 3.71. The largest absolute Gasteiger partial charge is 0.398 e. The van der Waals surface area contributed by atoms with Crippen molar-refractivity contribution in [3.8, 4) is 0 Å². The Morgan fingerprint density at radius 3 is 2.62 bits per heavy atom. The standard InChI is InChI=1S/C9H9Cl2NO/c1-5-2-6(11)9(7(12)3-5)8(13)4-10/h2-3H,4,12H2,1H3. The first kappa shape index (κ1) is 10.4. The number of Topliss-reactive ketones (excluding diaryl/α,β-unsaturated/α-hetero) is 1. The summed E-state index contributed by atoms with van der Waals surface area (Å²) >= 11 is 11.3. The van der Waals surface area contributed by atoms with E-state index in [1.807, 2.05) is 6.92 Å². The minimum absolute atomic E-state index is 0.104. The van der Waals surface area contributed by atoms with Crippen LogP contribution in [0.2, 0.25) is 5.02 Å². The second-order valence-corrected chi connectivity index (χ2v) is 3.44. The monoisotopic (exact) mass is 217 g/mol. The lowest BCUT2D eigenvalue weighted by atomic mass is 10.1. The Morgan fingerprint density at radius 1 is 1.54 bits per heavy atom. The number of carbonyl (C=O) groups is 1. The maximum atomic E-state index is 11.3. The lowest BCUT2D eigenvalue weighted by Crippen LogP contribution is -2.06. The van der Waals surface area contributed by atoms with Gasteiger partial charge in [-0.05, 0) is 24.6 Å². The molecule has 13 heavy (non-hydrogen) atoms. The molecule has 2 nitrogen and oxygen atoms in total. The van der Waals surface area contributed by atoms with Gasteiger partial charge in [-0.3, -0.25) is 4.79 Å². The van der Waals surface area contributed by atoms with Crippen molar-refractivity contribution in [1.29, 1.82) is 0 Å². The molecule has 0 bridgehead atoms. The van der Waals surface area contributed by atoms with Crippen LogP contribution >= 0.6 is 23.2 Å². The highest BCUT2D eigenvalue weighted by Crippen LogP contribution is 2.24. The van der Waals surface area contributed by atoms with Gasteiger partial charge in [0.15, 0.2) is 5.78 Å². The summed E-state index contributed by atoms with van der Waals surface area (Å²) < 4.78 is 0. The van der Waals surface area contributed by atoms with Crippen LogP contribution in [0.4, 0.5) is 5.69 Å². The van der Waals surface area contributed by atoms with Gasteiger partial charge in [-0.2, -0.15) is 0 Å². The first-order chi connectivity index (χ1) is 6.06. The highest BCUT2D eigenvalue weighted by Gasteiger charge is 2.13. The molecule has 0 unspecified atom stereocenters. The maximum absolute atomic E-state index is 11.3. The summed E-state index contributed by atoms with van der Waals surface area (Å²) in [6.45, 7) is 1.86. The van der Waals surface area contributed by atoms with Crippen LogP contribution in [0.15, 0.2) is 12.1 Å². The molecule has 0 amide bonds. The minimum Gasteiger partial charge on any atom is -0.398 e. The van der Waals surface area contributed by atoms with E-state index in [4.69, 9.17) is 28.9 Å². The molecule has 0 aliphatic rings. The molecule has 0 atom stereocenters. The zero-order chi connectivity index (χ0) is 10.0. The van der Waals surface area contributed by atoms with Gasteiger partial charge in [0, 0.05) is 5.69 Å². The molecule has 0 fully saturated rings. The average molecular weight is 218 g/mol. The van der Waals surface area contributed by atoms with Crippen molar-refractivity contribution < 1.29 is 4.79 Å². The summed E-state index contributed by atoms with van der Waals surface area (Å²) in [6, 6.07) is 3.39. The maximum Gasteiger partial charge on any atom is 0.181 e. The van der Waals surface area contributed by atoms with Gasteiger partial charge >= 0.3 is 0 Å². The molecular weight excluding hydrogens is 209 g/mol. The van der Waals surface area contributed by atoms with Crippen molar-refractivity contribution >= 4 is 34.7 Å². The van der Waals surface area contributed by atoms with Crippen molar-refractivity contribution in [2.75, 3.05) is 11.6 Å². The number of nitrogen functional groups attached to an aromatic ring is 1. The van der Waals surface area contributed by atoms with Crippen LogP contribution in [-0.4, -0.2) is 11.7 Å². The van der Waals surface area contributed by atoms with E-state index in [0.29, 0.717) is 16.3 Å². The molecule has 4 heteroatoms. The number of ketones is 1. The van der Waals surface area contributed by atoms with Crippen molar-refractivity contribution in [2.24, 2.45) is 0 Å². The Balaban J connectivity index is 3.28. The smallest absolute Gasteiger partial charge is 0.181 e. The van der Waals surface area contributed by atoms with E-state index in [-0.39, 0.29) is 11.7 Å². The zero-order valence-electron chi connectivity index (χ0n) is 7.10. The fourth-order valence-electron chi connectivity index (χ4n) is 1.13. The number of rotatable bonds is 2. The Hall–Kier alpha value is -0.730. The molecule has 0 aromatic heterocycles. The topological polar surface area (TPSA) is 43.1 Å². The molecule has 0 heterocycles. The summed E-state index contributed by atoms with van der Waals surface area (Å²) in [4.78, 5) is 11.3. The van der Waals surface area contributed by atoms with Gasteiger partial charge in [0.25, 0.3) is 0 Å². The first-order valence-corrected chi connectivity index (χ1v) is 4.62. The zero-order valence-corrected chi connectivity index (χ0v) is 8.62. The van der Waals surface area contributed by atoms with Crippen LogP contribution in [-0.2, 0) is 0 Å². The van der Waals surface area contributed by atoms with Crippen LogP contribution < -0.4 is 5.73 Å². The summed E-state index contributed by atoms with van der Waals surface area (Å²) in [7, 11) is 0.